The van der Waals surface area contributed by atoms with Crippen LogP contribution in [0.2, 0.25) is 0 Å². The zero-order valence-electron chi connectivity index (χ0n) is 20.6. The number of carbonyl (C=O) groups is 2. The average Bonchev–Trinajstić information content (AvgIpc) is 2.90. The third kappa shape index (κ3) is 4.42. The van der Waals surface area contributed by atoms with E-state index in [2.05, 4.69) is 11.4 Å². The van der Waals surface area contributed by atoms with E-state index >= 15 is 0 Å². The van der Waals surface area contributed by atoms with E-state index in [-0.39, 0.29) is 23.9 Å². The molecule has 0 atom stereocenters. The van der Waals surface area contributed by atoms with E-state index in [4.69, 9.17) is 0 Å². The molecule has 0 spiro atoms. The number of hydrogen-bond donors (Lipinski definition) is 1. The Hall–Kier alpha value is -4.19. The summed E-state index contributed by atoms with van der Waals surface area (Å²) in [6.45, 7) is 4.98. The highest BCUT2D eigenvalue weighted by atomic mass is 16.2. The lowest BCUT2D eigenvalue weighted by Crippen LogP contribution is -2.37. The van der Waals surface area contributed by atoms with Crippen LogP contribution >= 0.6 is 0 Å². The largest absolute Gasteiger partial charge is 0.334 e. The van der Waals surface area contributed by atoms with Gasteiger partial charge in [0.25, 0.3) is 11.5 Å². The number of benzene rings is 3. The topological polar surface area (TPSA) is 71.4 Å². The third-order valence-corrected chi connectivity index (χ3v) is 6.97. The van der Waals surface area contributed by atoms with Gasteiger partial charge in [-0.3, -0.25) is 19.0 Å². The van der Waals surface area contributed by atoms with E-state index in [1.54, 1.807) is 11.0 Å². The molecule has 0 saturated heterocycles. The van der Waals surface area contributed by atoms with Crippen molar-refractivity contribution in [2.24, 2.45) is 0 Å². The van der Waals surface area contributed by atoms with Gasteiger partial charge in [-0.2, -0.15) is 0 Å². The van der Waals surface area contributed by atoms with Crippen molar-refractivity contribution in [3.63, 3.8) is 0 Å². The molecule has 0 unspecified atom stereocenters. The maximum absolute atomic E-state index is 13.6. The first-order valence-corrected chi connectivity index (χ1v) is 12.3. The molecule has 1 N–H and O–H groups in total. The highest BCUT2D eigenvalue weighted by Crippen LogP contribution is 2.24. The molecule has 2 heterocycles. The molecule has 3 aromatic carbocycles. The molecule has 0 aliphatic carbocycles. The first-order chi connectivity index (χ1) is 17.5. The molecule has 36 heavy (non-hydrogen) atoms. The predicted octanol–water partition coefficient (Wildman–Crippen LogP) is 4.71. The van der Waals surface area contributed by atoms with E-state index in [0.717, 1.165) is 35.2 Å². The van der Waals surface area contributed by atoms with Crippen molar-refractivity contribution >= 4 is 28.4 Å². The molecular weight excluding hydrogens is 450 g/mol. The van der Waals surface area contributed by atoms with Crippen LogP contribution < -0.4 is 10.9 Å². The van der Waals surface area contributed by atoms with Crippen molar-refractivity contribution in [3.8, 4) is 0 Å². The van der Waals surface area contributed by atoms with E-state index in [1.165, 1.54) is 16.2 Å². The minimum Gasteiger partial charge on any atom is -0.334 e. The number of nitrogens with zero attached hydrogens (tertiary/aromatic N) is 2. The van der Waals surface area contributed by atoms with E-state index < -0.39 is 0 Å². The fraction of sp³-hybridized carbons (Fsp3) is 0.233. The summed E-state index contributed by atoms with van der Waals surface area (Å²) < 4.78 is 1.44. The van der Waals surface area contributed by atoms with Crippen LogP contribution in [0.5, 0.6) is 0 Å². The monoisotopic (exact) mass is 479 g/mol. The molecule has 6 heteroatoms. The molecule has 6 nitrogen and oxygen atoms in total. The number of amides is 2. The Morgan fingerprint density at radius 1 is 0.944 bits per heavy atom. The van der Waals surface area contributed by atoms with Crippen molar-refractivity contribution in [2.75, 3.05) is 11.9 Å². The van der Waals surface area contributed by atoms with Crippen molar-refractivity contribution in [2.45, 2.75) is 39.8 Å². The second-order valence-corrected chi connectivity index (χ2v) is 9.26. The summed E-state index contributed by atoms with van der Waals surface area (Å²) in [5, 5.41) is 3.66. The Morgan fingerprint density at radius 3 is 2.50 bits per heavy atom. The number of anilines is 1. The maximum atomic E-state index is 13.6. The zero-order valence-corrected chi connectivity index (χ0v) is 20.6. The van der Waals surface area contributed by atoms with Gasteiger partial charge in [-0.05, 0) is 48.1 Å². The van der Waals surface area contributed by atoms with Crippen LogP contribution in [0, 0.1) is 6.92 Å². The second kappa shape index (κ2) is 9.82. The van der Waals surface area contributed by atoms with Crippen LogP contribution in [-0.2, 0) is 30.7 Å². The summed E-state index contributed by atoms with van der Waals surface area (Å²) in [5.74, 6) is -0.445. The van der Waals surface area contributed by atoms with E-state index in [1.807, 2.05) is 68.4 Å². The Morgan fingerprint density at radius 2 is 1.69 bits per heavy atom. The Bertz CT molecular complexity index is 1540. The summed E-state index contributed by atoms with van der Waals surface area (Å²) >= 11 is 0. The lowest BCUT2D eigenvalue weighted by atomic mass is 9.98. The quantitative estimate of drug-likeness (QED) is 0.451. The van der Waals surface area contributed by atoms with E-state index in [0.29, 0.717) is 29.6 Å². The zero-order chi connectivity index (χ0) is 25.2. The smallest absolute Gasteiger partial charge is 0.255 e. The van der Waals surface area contributed by atoms with Crippen molar-refractivity contribution in [1.29, 1.82) is 0 Å². The SMILES string of the molecule is CCc1cccc(C)c1NC(=O)Cn1c(=O)cc(C(=O)N2CCc3ccccc3C2)c2ccccc21. The fourth-order valence-corrected chi connectivity index (χ4v) is 5.04. The summed E-state index contributed by atoms with van der Waals surface area (Å²) in [5.41, 5.74) is 5.78. The van der Waals surface area contributed by atoms with Crippen LogP contribution in [0.25, 0.3) is 10.9 Å². The number of para-hydroxylation sites is 2. The molecule has 4 aromatic rings. The lowest BCUT2D eigenvalue weighted by Gasteiger charge is -2.29. The molecule has 1 aliphatic rings. The first kappa shape index (κ1) is 23.5. The number of fused-ring (bicyclic) bond motifs is 2. The number of aromatic nitrogens is 1. The molecule has 5 rings (SSSR count). The van der Waals surface area contributed by atoms with Crippen molar-refractivity contribution in [1.82, 2.24) is 9.47 Å². The van der Waals surface area contributed by atoms with Gasteiger partial charge in [-0.1, -0.05) is 67.6 Å². The molecule has 0 bridgehead atoms. The number of hydrogen-bond acceptors (Lipinski definition) is 3. The Balaban J connectivity index is 1.46. The third-order valence-electron chi connectivity index (χ3n) is 6.97. The summed E-state index contributed by atoms with van der Waals surface area (Å²) in [4.78, 5) is 41.6. The number of carbonyl (C=O) groups excluding carboxylic acids is 2. The van der Waals surface area contributed by atoms with Gasteiger partial charge >= 0.3 is 0 Å². The van der Waals surface area contributed by atoms with Gasteiger partial charge in [0, 0.05) is 30.2 Å². The van der Waals surface area contributed by atoms with Crippen molar-refractivity contribution in [3.05, 3.63) is 111 Å². The van der Waals surface area contributed by atoms with Crippen LogP contribution in [0.1, 0.15) is 39.5 Å². The summed E-state index contributed by atoms with van der Waals surface area (Å²) in [7, 11) is 0. The first-order valence-electron chi connectivity index (χ1n) is 12.3. The van der Waals surface area contributed by atoms with Gasteiger partial charge < -0.3 is 10.2 Å². The molecule has 1 aliphatic heterocycles. The van der Waals surface area contributed by atoms with Gasteiger partial charge in [-0.25, -0.2) is 0 Å². The van der Waals surface area contributed by atoms with Crippen LogP contribution in [-0.4, -0.2) is 27.8 Å². The average molecular weight is 480 g/mol. The summed E-state index contributed by atoms with van der Waals surface area (Å²) in [6.07, 6.45) is 1.58. The van der Waals surface area contributed by atoms with Crippen LogP contribution in [0.4, 0.5) is 5.69 Å². The molecular formula is C30H29N3O3. The van der Waals surface area contributed by atoms with Crippen LogP contribution in [0.15, 0.2) is 77.6 Å². The fourth-order valence-electron chi connectivity index (χ4n) is 5.04. The highest BCUT2D eigenvalue weighted by molar-refractivity contribution is 6.06. The number of aryl methyl sites for hydroxylation is 2. The number of rotatable bonds is 5. The molecule has 0 fully saturated rings. The minimum absolute atomic E-state index is 0.137. The molecule has 0 saturated carbocycles. The lowest BCUT2D eigenvalue weighted by molar-refractivity contribution is -0.116. The normalized spacial score (nSPS) is 12.9. The Labute approximate surface area is 210 Å². The standard InChI is InChI=1S/C30H29N3O3/c1-3-21-12-8-9-20(2)29(21)31-27(34)19-33-26-14-7-6-13-24(26)25(17-28(33)35)30(36)32-16-15-22-10-4-5-11-23(22)18-32/h4-14,17H,3,15-16,18-19H2,1-2H3,(H,31,34). The van der Waals surface area contributed by atoms with Gasteiger partial charge in [0.1, 0.15) is 6.54 Å². The minimum atomic E-state index is -0.370. The molecule has 0 radical (unpaired) electrons. The highest BCUT2D eigenvalue weighted by Gasteiger charge is 2.24. The van der Waals surface area contributed by atoms with Crippen LogP contribution in [0.3, 0.4) is 0 Å². The van der Waals surface area contributed by atoms with Gasteiger partial charge in [0.05, 0.1) is 11.1 Å². The second-order valence-electron chi connectivity index (χ2n) is 9.26. The maximum Gasteiger partial charge on any atom is 0.255 e. The van der Waals surface area contributed by atoms with E-state index in [9.17, 15) is 14.4 Å². The van der Waals surface area contributed by atoms with Crippen molar-refractivity contribution < 1.29 is 9.59 Å². The van der Waals surface area contributed by atoms with Gasteiger partial charge in [-0.15, -0.1) is 0 Å². The number of nitrogens with one attached hydrogen (secondary N) is 1. The molecule has 2 amide bonds. The molecule has 182 valence electrons. The van der Waals surface area contributed by atoms with Gasteiger partial charge in [0.15, 0.2) is 0 Å². The Kier molecular flexibility index (Phi) is 6.42. The summed E-state index contributed by atoms with van der Waals surface area (Å²) in [6, 6.07) is 22.7. The number of pyridine rings is 1. The predicted molar refractivity (Wildman–Crippen MR) is 142 cm³/mol. The van der Waals surface area contributed by atoms with Gasteiger partial charge in [0.2, 0.25) is 5.91 Å². The molecule has 1 aromatic heterocycles.